The molecule has 1 heterocycles. The van der Waals surface area contributed by atoms with Crippen LogP contribution in [0.5, 0.6) is 0 Å². The van der Waals surface area contributed by atoms with Crippen LogP contribution in [0.15, 0.2) is 6.07 Å². The van der Waals surface area contributed by atoms with Gasteiger partial charge in [-0.25, -0.2) is 4.79 Å². The Bertz CT molecular complexity index is 656. The number of anilines is 1. The minimum absolute atomic E-state index is 0.0600. The molecule has 1 saturated heterocycles. The van der Waals surface area contributed by atoms with Crippen molar-refractivity contribution in [1.29, 1.82) is 0 Å². The number of urea groups is 1. The van der Waals surface area contributed by atoms with E-state index in [0.717, 1.165) is 63.8 Å². The number of carbonyl (C=O) groups excluding carboxylic acids is 1. The third-order valence-corrected chi connectivity index (χ3v) is 7.25. The van der Waals surface area contributed by atoms with Gasteiger partial charge in [-0.05, 0) is 73.7 Å². The molecule has 1 atom stereocenters. The van der Waals surface area contributed by atoms with E-state index in [1.54, 1.807) is 0 Å². The number of aryl methyl sites for hydroxylation is 2. The molecule has 26 heavy (non-hydrogen) atoms. The van der Waals surface area contributed by atoms with Gasteiger partial charge in [0.05, 0.1) is 24.5 Å². The smallest absolute Gasteiger partial charge is 0.360 e. The van der Waals surface area contributed by atoms with Crippen molar-refractivity contribution in [2.24, 2.45) is 0 Å². The Hall–Kier alpha value is -1.24. The maximum absolute atomic E-state index is 12.5. The van der Waals surface area contributed by atoms with Gasteiger partial charge in [-0.15, -0.1) is 0 Å². The molecular formula is C20H29N3O2S. The molecule has 2 amide bonds. The Balaban J connectivity index is 1.36. The van der Waals surface area contributed by atoms with E-state index in [4.69, 9.17) is 0 Å². The van der Waals surface area contributed by atoms with Crippen molar-refractivity contribution in [1.82, 2.24) is 9.62 Å². The van der Waals surface area contributed by atoms with E-state index in [-0.39, 0.29) is 11.3 Å². The van der Waals surface area contributed by atoms with Crippen LogP contribution in [-0.4, -0.2) is 40.4 Å². The first-order chi connectivity index (χ1) is 12.7. The number of hydrogen-bond donors (Lipinski definition) is 2. The molecule has 0 radical (unpaired) electrons. The standard InChI is InChI=1S/C20H29N3O2S/c1-2-3-10-23-12-16(13-23)26(25)22-20(24)21-19-17-8-4-6-14(17)11-15-7-5-9-18(15)19/h11,16H,2-10,12-13H2,1H3,(H2,21,22,24). The Morgan fingerprint density at radius 3 is 2.46 bits per heavy atom. The molecule has 0 bridgehead atoms. The molecule has 1 unspecified atom stereocenters. The van der Waals surface area contributed by atoms with Gasteiger partial charge in [0, 0.05) is 5.69 Å². The van der Waals surface area contributed by atoms with Crippen molar-refractivity contribution in [2.45, 2.75) is 63.5 Å². The zero-order valence-corrected chi connectivity index (χ0v) is 16.4. The summed E-state index contributed by atoms with van der Waals surface area (Å²) in [5, 5.41) is 3.13. The Morgan fingerprint density at radius 1 is 1.19 bits per heavy atom. The van der Waals surface area contributed by atoms with Crippen molar-refractivity contribution in [3.63, 3.8) is 0 Å². The summed E-state index contributed by atoms with van der Waals surface area (Å²) in [6.45, 7) is 4.89. The lowest BCUT2D eigenvalue weighted by molar-refractivity contribution is 0.181. The van der Waals surface area contributed by atoms with Crippen molar-refractivity contribution in [3.8, 4) is 0 Å². The second-order valence-electron chi connectivity index (χ2n) is 7.82. The fourth-order valence-corrected chi connectivity index (χ4v) is 5.60. The monoisotopic (exact) mass is 375 g/mol. The van der Waals surface area contributed by atoms with Crippen molar-refractivity contribution in [3.05, 3.63) is 28.3 Å². The van der Waals surface area contributed by atoms with Crippen molar-refractivity contribution < 1.29 is 9.35 Å². The van der Waals surface area contributed by atoms with E-state index < -0.39 is 11.4 Å². The quantitative estimate of drug-likeness (QED) is 0.751. The number of hydrogen-bond acceptors (Lipinski definition) is 3. The van der Waals surface area contributed by atoms with E-state index in [0.29, 0.717) is 0 Å². The third-order valence-electron chi connectivity index (χ3n) is 5.96. The van der Waals surface area contributed by atoms with Gasteiger partial charge in [0.1, 0.15) is 0 Å². The Kier molecular flexibility index (Phi) is 5.43. The highest BCUT2D eigenvalue weighted by Crippen LogP contribution is 2.38. The number of benzene rings is 1. The Morgan fingerprint density at radius 2 is 1.85 bits per heavy atom. The van der Waals surface area contributed by atoms with Crippen LogP contribution in [0.2, 0.25) is 0 Å². The molecule has 142 valence electrons. The lowest BCUT2D eigenvalue weighted by Gasteiger charge is -2.38. The summed E-state index contributed by atoms with van der Waals surface area (Å²) in [4.78, 5) is 14.8. The van der Waals surface area contributed by atoms with Crippen molar-refractivity contribution in [2.75, 3.05) is 25.0 Å². The molecule has 3 aliphatic rings. The number of amides is 2. The lowest BCUT2D eigenvalue weighted by atomic mass is 9.99. The van der Waals surface area contributed by atoms with Gasteiger partial charge in [0.2, 0.25) is 0 Å². The molecule has 2 N–H and O–H groups in total. The van der Waals surface area contributed by atoms with Gasteiger partial charge in [-0.2, -0.15) is 4.72 Å². The minimum atomic E-state index is -1.31. The molecule has 6 heteroatoms. The number of likely N-dealkylation sites (tertiary alicyclic amines) is 1. The first-order valence-electron chi connectivity index (χ1n) is 10.0. The first kappa shape index (κ1) is 18.1. The zero-order chi connectivity index (χ0) is 18.1. The van der Waals surface area contributed by atoms with Gasteiger partial charge in [-0.1, -0.05) is 19.4 Å². The molecule has 1 aromatic rings. The zero-order valence-electron chi connectivity index (χ0n) is 15.6. The summed E-state index contributed by atoms with van der Waals surface area (Å²) >= 11 is -1.31. The van der Waals surface area contributed by atoms with Crippen LogP contribution >= 0.6 is 0 Å². The SMILES string of the molecule is CCCCN1CC([S+]([O-])NC(=O)Nc2c3c(cc4c2CCC4)CCC3)C1. The molecule has 1 aromatic carbocycles. The molecule has 5 nitrogen and oxygen atoms in total. The molecule has 4 rings (SSSR count). The highest BCUT2D eigenvalue weighted by molar-refractivity contribution is 7.90. The molecule has 1 fully saturated rings. The summed E-state index contributed by atoms with van der Waals surface area (Å²) in [7, 11) is 0. The minimum Gasteiger partial charge on any atom is -0.593 e. The maximum Gasteiger partial charge on any atom is 0.360 e. The molecule has 0 saturated carbocycles. The van der Waals surface area contributed by atoms with Crippen molar-refractivity contribution >= 4 is 23.1 Å². The summed E-state index contributed by atoms with van der Waals surface area (Å²) < 4.78 is 15.1. The third kappa shape index (κ3) is 3.59. The van der Waals surface area contributed by atoms with Gasteiger partial charge >= 0.3 is 6.03 Å². The number of nitrogens with zero attached hydrogens (tertiary/aromatic N) is 1. The van der Waals surface area contributed by atoms with E-state index in [2.05, 4.69) is 27.9 Å². The number of rotatable bonds is 6. The topological polar surface area (TPSA) is 67.4 Å². The van der Waals surface area contributed by atoms with E-state index in [1.165, 1.54) is 35.1 Å². The Labute approximate surface area is 159 Å². The summed E-state index contributed by atoms with van der Waals surface area (Å²) in [5.41, 5.74) is 6.42. The van der Waals surface area contributed by atoms with Gasteiger partial charge in [0.15, 0.2) is 5.25 Å². The highest BCUT2D eigenvalue weighted by atomic mass is 32.2. The maximum atomic E-state index is 12.5. The van der Waals surface area contributed by atoms with Crippen LogP contribution in [-0.2, 0) is 37.0 Å². The average molecular weight is 376 g/mol. The van der Waals surface area contributed by atoms with Crippen LogP contribution in [0.1, 0.15) is 54.9 Å². The predicted molar refractivity (Wildman–Crippen MR) is 106 cm³/mol. The number of fused-ring (bicyclic) bond motifs is 2. The van der Waals surface area contributed by atoms with Crippen LogP contribution in [0.3, 0.4) is 0 Å². The summed E-state index contributed by atoms with van der Waals surface area (Å²) in [6, 6.07) is 2.04. The summed E-state index contributed by atoms with van der Waals surface area (Å²) in [5.74, 6) is 0. The number of nitrogens with one attached hydrogen (secondary N) is 2. The van der Waals surface area contributed by atoms with Gasteiger partial charge in [0.25, 0.3) is 0 Å². The highest BCUT2D eigenvalue weighted by Gasteiger charge is 2.37. The van der Waals surface area contributed by atoms with E-state index in [1.807, 2.05) is 0 Å². The fourth-order valence-electron chi connectivity index (χ4n) is 4.50. The number of unbranched alkanes of at least 4 members (excludes halogenated alkanes) is 1. The van der Waals surface area contributed by atoms with Crippen LogP contribution in [0.4, 0.5) is 10.5 Å². The lowest BCUT2D eigenvalue weighted by Crippen LogP contribution is -2.58. The largest absolute Gasteiger partial charge is 0.593 e. The predicted octanol–water partition coefficient (Wildman–Crippen LogP) is 2.93. The van der Waals surface area contributed by atoms with E-state index >= 15 is 0 Å². The van der Waals surface area contributed by atoms with Crippen LogP contribution < -0.4 is 10.0 Å². The van der Waals surface area contributed by atoms with Crippen LogP contribution in [0.25, 0.3) is 0 Å². The molecule has 0 aromatic heterocycles. The first-order valence-corrected chi connectivity index (χ1v) is 11.2. The molecular weight excluding hydrogens is 346 g/mol. The average Bonchev–Trinajstić information content (AvgIpc) is 3.21. The second kappa shape index (κ2) is 7.79. The normalized spacial score (nSPS) is 20.4. The van der Waals surface area contributed by atoms with Gasteiger partial charge in [-0.3, -0.25) is 4.90 Å². The number of carbonyl (C=O) groups is 1. The molecule has 0 spiro atoms. The fraction of sp³-hybridized carbons (Fsp3) is 0.650. The van der Waals surface area contributed by atoms with Gasteiger partial charge < -0.3 is 9.87 Å². The molecule has 1 aliphatic heterocycles. The summed E-state index contributed by atoms with van der Waals surface area (Å²) in [6.07, 6.45) is 8.98. The van der Waals surface area contributed by atoms with Crippen LogP contribution in [0, 0.1) is 0 Å². The molecule has 2 aliphatic carbocycles. The second-order valence-corrected chi connectivity index (χ2v) is 9.29. The van der Waals surface area contributed by atoms with E-state index in [9.17, 15) is 9.35 Å².